The molecule has 1 heterocycles. The highest BCUT2D eigenvalue weighted by atomic mass is 79.9. The molecule has 1 N–H and O–H groups in total. The number of carbonyl (C=O) groups excluding carboxylic acids is 2. The van der Waals surface area contributed by atoms with Gasteiger partial charge < -0.3 is 14.8 Å². The first-order valence-electron chi connectivity index (χ1n) is 9.21. The van der Waals surface area contributed by atoms with E-state index in [9.17, 15) is 9.59 Å². The molecular weight excluding hydrogens is 450 g/mol. The normalized spacial score (nSPS) is 10.6. The predicted molar refractivity (Wildman–Crippen MR) is 116 cm³/mol. The molecule has 0 aliphatic heterocycles. The van der Waals surface area contributed by atoms with Gasteiger partial charge in [-0.3, -0.25) is 4.79 Å². The van der Waals surface area contributed by atoms with Crippen LogP contribution in [0.1, 0.15) is 37.7 Å². The number of methoxy groups -OCH3 is 2. The number of esters is 1. The average molecular weight is 472 g/mol. The first-order valence-corrected chi connectivity index (χ1v) is 10.0. The second kappa shape index (κ2) is 9.13. The number of nitrogens with zero attached hydrogens (tertiary/aromatic N) is 2. The molecule has 0 aliphatic rings. The summed E-state index contributed by atoms with van der Waals surface area (Å²) in [6, 6.07) is 12.3. The monoisotopic (exact) mass is 471 g/mol. The summed E-state index contributed by atoms with van der Waals surface area (Å²) >= 11 is 3.52. The fraction of sp³-hybridized carbons (Fsp3) is 0.227. The van der Waals surface area contributed by atoms with Crippen LogP contribution in [0.3, 0.4) is 0 Å². The molecule has 7 nitrogen and oxygen atoms in total. The van der Waals surface area contributed by atoms with Crippen molar-refractivity contribution in [1.82, 2.24) is 15.1 Å². The Morgan fingerprint density at radius 1 is 1.10 bits per heavy atom. The van der Waals surface area contributed by atoms with Gasteiger partial charge in [0.2, 0.25) is 0 Å². The zero-order chi connectivity index (χ0) is 21.8. The summed E-state index contributed by atoms with van der Waals surface area (Å²) in [4.78, 5) is 24.4. The van der Waals surface area contributed by atoms with E-state index in [0.717, 1.165) is 27.1 Å². The number of rotatable bonds is 6. The lowest BCUT2D eigenvalue weighted by atomic mass is 10.1. The van der Waals surface area contributed by atoms with Gasteiger partial charge in [-0.2, -0.15) is 5.10 Å². The maximum Gasteiger partial charge on any atom is 0.341 e. The standard InChI is InChI=1S/C22H22BrN3O4/c1-13-20(23)14(2)26(25-13)17-8-6-16(7-9-17)21(27)24-12-15-5-10-19(29-3)18(11-15)22(28)30-4/h5-11H,12H2,1-4H3,(H,24,27). The number of aromatic nitrogens is 2. The van der Waals surface area contributed by atoms with Gasteiger partial charge in [-0.1, -0.05) is 6.07 Å². The number of benzene rings is 2. The van der Waals surface area contributed by atoms with Gasteiger partial charge >= 0.3 is 5.97 Å². The van der Waals surface area contributed by atoms with Crippen LogP contribution in [0, 0.1) is 13.8 Å². The Morgan fingerprint density at radius 2 is 1.80 bits per heavy atom. The second-order valence-corrected chi connectivity index (χ2v) is 7.45. The van der Waals surface area contributed by atoms with Crippen LogP contribution in [0.25, 0.3) is 5.69 Å². The van der Waals surface area contributed by atoms with Crippen molar-refractivity contribution in [1.29, 1.82) is 0 Å². The Morgan fingerprint density at radius 3 is 2.37 bits per heavy atom. The van der Waals surface area contributed by atoms with E-state index in [1.165, 1.54) is 14.2 Å². The zero-order valence-corrected chi connectivity index (χ0v) is 18.7. The van der Waals surface area contributed by atoms with Gasteiger partial charge in [0, 0.05) is 12.1 Å². The number of nitrogens with one attached hydrogen (secondary N) is 1. The summed E-state index contributed by atoms with van der Waals surface area (Å²) in [5, 5.41) is 7.35. The Kier molecular flexibility index (Phi) is 6.56. The fourth-order valence-electron chi connectivity index (χ4n) is 3.05. The van der Waals surface area contributed by atoms with E-state index in [4.69, 9.17) is 9.47 Å². The second-order valence-electron chi connectivity index (χ2n) is 6.65. The first kappa shape index (κ1) is 21.6. The van der Waals surface area contributed by atoms with Crippen LogP contribution in [-0.4, -0.2) is 35.9 Å². The fourth-order valence-corrected chi connectivity index (χ4v) is 3.30. The van der Waals surface area contributed by atoms with E-state index in [1.54, 1.807) is 30.3 Å². The predicted octanol–water partition coefficient (Wildman–Crippen LogP) is 3.98. The van der Waals surface area contributed by atoms with Crippen LogP contribution in [0.5, 0.6) is 5.75 Å². The van der Waals surface area contributed by atoms with Crippen LogP contribution < -0.4 is 10.1 Å². The van der Waals surface area contributed by atoms with Crippen LogP contribution in [0.4, 0.5) is 0 Å². The highest BCUT2D eigenvalue weighted by Crippen LogP contribution is 2.23. The maximum atomic E-state index is 12.5. The van der Waals surface area contributed by atoms with Gasteiger partial charge in [0.25, 0.3) is 5.91 Å². The Labute approximate surface area is 183 Å². The molecule has 156 valence electrons. The lowest BCUT2D eigenvalue weighted by Crippen LogP contribution is -2.23. The molecule has 3 aromatic rings. The van der Waals surface area contributed by atoms with Crippen LogP contribution in [0.2, 0.25) is 0 Å². The molecule has 0 spiro atoms. The Hall–Kier alpha value is -3.13. The molecule has 30 heavy (non-hydrogen) atoms. The van der Waals surface area contributed by atoms with Crippen LogP contribution in [-0.2, 0) is 11.3 Å². The summed E-state index contributed by atoms with van der Waals surface area (Å²) in [7, 11) is 2.79. The summed E-state index contributed by atoms with van der Waals surface area (Å²) in [5.41, 5.74) is 4.36. The summed E-state index contributed by atoms with van der Waals surface area (Å²) in [5.74, 6) is -0.291. The molecule has 3 rings (SSSR count). The van der Waals surface area contributed by atoms with Crippen molar-refractivity contribution in [3.8, 4) is 11.4 Å². The Bertz CT molecular complexity index is 1090. The van der Waals surface area contributed by atoms with E-state index >= 15 is 0 Å². The molecule has 1 amide bonds. The molecule has 0 saturated carbocycles. The number of hydrogen-bond donors (Lipinski definition) is 1. The summed E-state index contributed by atoms with van der Waals surface area (Å²) < 4.78 is 12.8. The molecule has 0 saturated heterocycles. The van der Waals surface area contributed by atoms with Gasteiger partial charge in [-0.15, -0.1) is 0 Å². The van der Waals surface area contributed by atoms with Crippen LogP contribution >= 0.6 is 15.9 Å². The van der Waals surface area contributed by atoms with Crippen molar-refractivity contribution in [3.63, 3.8) is 0 Å². The Balaban J connectivity index is 1.71. The summed E-state index contributed by atoms with van der Waals surface area (Å²) in [6.07, 6.45) is 0. The highest BCUT2D eigenvalue weighted by Gasteiger charge is 2.15. The van der Waals surface area contributed by atoms with E-state index in [-0.39, 0.29) is 12.5 Å². The molecule has 1 aromatic heterocycles. The minimum absolute atomic E-state index is 0.216. The van der Waals surface area contributed by atoms with Crippen molar-refractivity contribution in [3.05, 3.63) is 75.0 Å². The third kappa shape index (κ3) is 4.38. The summed E-state index contributed by atoms with van der Waals surface area (Å²) in [6.45, 7) is 4.17. The van der Waals surface area contributed by atoms with Crippen molar-refractivity contribution < 1.29 is 19.1 Å². The number of ether oxygens (including phenoxy) is 2. The molecule has 0 unspecified atom stereocenters. The van der Waals surface area contributed by atoms with Gasteiger partial charge in [0.05, 0.1) is 35.8 Å². The first-order chi connectivity index (χ1) is 14.3. The van der Waals surface area contributed by atoms with Crippen molar-refractivity contribution in [2.45, 2.75) is 20.4 Å². The van der Waals surface area contributed by atoms with E-state index in [1.807, 2.05) is 30.7 Å². The highest BCUT2D eigenvalue weighted by molar-refractivity contribution is 9.10. The number of halogens is 1. The van der Waals surface area contributed by atoms with Gasteiger partial charge in [-0.05, 0) is 71.7 Å². The van der Waals surface area contributed by atoms with Crippen LogP contribution in [0.15, 0.2) is 46.9 Å². The molecule has 0 bridgehead atoms. The smallest absolute Gasteiger partial charge is 0.341 e. The average Bonchev–Trinajstić information content (AvgIpc) is 3.04. The van der Waals surface area contributed by atoms with E-state index in [2.05, 4.69) is 26.3 Å². The minimum atomic E-state index is -0.494. The van der Waals surface area contributed by atoms with E-state index in [0.29, 0.717) is 16.9 Å². The third-order valence-electron chi connectivity index (χ3n) is 4.70. The van der Waals surface area contributed by atoms with E-state index < -0.39 is 5.97 Å². The molecule has 0 radical (unpaired) electrons. The lowest BCUT2D eigenvalue weighted by molar-refractivity contribution is 0.0597. The zero-order valence-electron chi connectivity index (χ0n) is 17.2. The minimum Gasteiger partial charge on any atom is -0.496 e. The molecule has 0 aliphatic carbocycles. The van der Waals surface area contributed by atoms with Crippen molar-refractivity contribution in [2.24, 2.45) is 0 Å². The molecule has 8 heteroatoms. The van der Waals surface area contributed by atoms with Crippen molar-refractivity contribution in [2.75, 3.05) is 14.2 Å². The molecule has 0 fully saturated rings. The molecule has 0 atom stereocenters. The number of amides is 1. The van der Waals surface area contributed by atoms with Gasteiger partial charge in [0.15, 0.2) is 0 Å². The maximum absolute atomic E-state index is 12.5. The number of carbonyl (C=O) groups is 2. The topological polar surface area (TPSA) is 82.5 Å². The largest absolute Gasteiger partial charge is 0.496 e. The SMILES string of the molecule is COC(=O)c1cc(CNC(=O)c2ccc(-n3nc(C)c(Br)c3C)cc2)ccc1OC. The number of aryl methyl sites for hydroxylation is 1. The quantitative estimate of drug-likeness (QED) is 0.549. The van der Waals surface area contributed by atoms with Crippen molar-refractivity contribution >= 4 is 27.8 Å². The molecular formula is C22H22BrN3O4. The third-order valence-corrected chi connectivity index (χ3v) is 5.85. The lowest BCUT2D eigenvalue weighted by Gasteiger charge is -2.11. The van der Waals surface area contributed by atoms with Gasteiger partial charge in [-0.25, -0.2) is 9.48 Å². The van der Waals surface area contributed by atoms with Gasteiger partial charge in [0.1, 0.15) is 11.3 Å². The molecule has 2 aromatic carbocycles. The number of hydrogen-bond acceptors (Lipinski definition) is 5.